The van der Waals surface area contributed by atoms with Crippen molar-refractivity contribution in [3.05, 3.63) is 76.7 Å². The Labute approximate surface area is 140 Å². The molecule has 128 valence electrons. The molecule has 0 aliphatic heterocycles. The van der Waals surface area contributed by atoms with Crippen LogP contribution in [0.25, 0.3) is 0 Å². The van der Waals surface area contributed by atoms with Crippen molar-refractivity contribution >= 4 is 11.6 Å². The molecule has 0 spiro atoms. The fourth-order valence-electron chi connectivity index (χ4n) is 2.03. The lowest BCUT2D eigenvalue weighted by atomic mass is 10.3. The lowest BCUT2D eigenvalue weighted by molar-refractivity contribution is -0.141. The number of alkyl halides is 3. The number of hydrogen-bond donors (Lipinski definition) is 2. The number of rotatable bonds is 4. The van der Waals surface area contributed by atoms with Gasteiger partial charge >= 0.3 is 6.18 Å². The predicted molar refractivity (Wildman–Crippen MR) is 86.1 cm³/mol. The molecule has 0 fully saturated rings. The summed E-state index contributed by atoms with van der Waals surface area (Å²) in [4.78, 5) is 16.9. The minimum absolute atomic E-state index is 0.295. The maximum absolute atomic E-state index is 12.7. The van der Waals surface area contributed by atoms with Gasteiger partial charge in [0, 0.05) is 11.8 Å². The Bertz CT molecular complexity index is 907. The molecule has 0 radical (unpaired) electrons. The third-order valence-corrected chi connectivity index (χ3v) is 3.13. The van der Waals surface area contributed by atoms with Gasteiger partial charge in [0.2, 0.25) is 5.95 Å². The summed E-state index contributed by atoms with van der Waals surface area (Å²) < 4.78 is 43.7. The van der Waals surface area contributed by atoms with Crippen LogP contribution in [0.15, 0.2) is 65.5 Å². The number of hydrogen-bond acceptors (Lipinski definition) is 4. The van der Waals surface area contributed by atoms with Gasteiger partial charge in [-0.2, -0.15) is 13.2 Å². The lowest BCUT2D eigenvalue weighted by Gasteiger charge is -2.10. The van der Waals surface area contributed by atoms with Crippen molar-refractivity contribution in [2.75, 3.05) is 5.32 Å². The van der Waals surface area contributed by atoms with Crippen LogP contribution in [0.1, 0.15) is 5.69 Å². The van der Waals surface area contributed by atoms with Crippen molar-refractivity contribution in [3.8, 4) is 11.5 Å². The number of ether oxygens (including phenoxy) is 1. The van der Waals surface area contributed by atoms with E-state index in [2.05, 4.69) is 15.3 Å². The molecule has 8 heteroatoms. The smallest absolute Gasteiger partial charge is 0.433 e. The van der Waals surface area contributed by atoms with Crippen molar-refractivity contribution in [2.24, 2.45) is 0 Å². The molecular weight excluding hydrogens is 335 g/mol. The van der Waals surface area contributed by atoms with E-state index in [1.54, 1.807) is 36.4 Å². The van der Waals surface area contributed by atoms with Crippen LogP contribution in [0.3, 0.4) is 0 Å². The van der Waals surface area contributed by atoms with E-state index in [9.17, 15) is 18.0 Å². The fraction of sp³-hybridized carbons (Fsp3) is 0.0588. The summed E-state index contributed by atoms with van der Waals surface area (Å²) in [5.41, 5.74) is -1.71. The maximum Gasteiger partial charge on any atom is 0.433 e. The molecule has 0 saturated heterocycles. The topological polar surface area (TPSA) is 67.0 Å². The van der Waals surface area contributed by atoms with E-state index in [1.165, 1.54) is 0 Å². The first-order valence-corrected chi connectivity index (χ1v) is 7.19. The molecule has 0 saturated carbocycles. The van der Waals surface area contributed by atoms with Gasteiger partial charge in [-0.05, 0) is 36.4 Å². The fourth-order valence-corrected chi connectivity index (χ4v) is 2.03. The average Bonchev–Trinajstić information content (AvgIpc) is 2.56. The molecule has 1 heterocycles. The minimum atomic E-state index is -4.70. The second kappa shape index (κ2) is 6.68. The molecule has 2 N–H and O–H groups in total. The monoisotopic (exact) mass is 347 g/mol. The number of para-hydroxylation sites is 1. The molecule has 0 aliphatic rings. The van der Waals surface area contributed by atoms with E-state index in [0.29, 0.717) is 23.3 Å². The summed E-state index contributed by atoms with van der Waals surface area (Å²) in [5, 5.41) is 2.63. The molecule has 0 aliphatic carbocycles. The number of aromatic amines is 1. The Morgan fingerprint density at radius 3 is 2.24 bits per heavy atom. The largest absolute Gasteiger partial charge is 0.457 e. The SMILES string of the molecule is O=c1cc(C(F)(F)F)nc(Nc2ccc(Oc3ccccc3)cc2)[nH]1. The van der Waals surface area contributed by atoms with Gasteiger partial charge in [-0.3, -0.25) is 9.78 Å². The first-order chi connectivity index (χ1) is 11.9. The highest BCUT2D eigenvalue weighted by atomic mass is 19.4. The second-order valence-electron chi connectivity index (χ2n) is 5.04. The van der Waals surface area contributed by atoms with Crippen molar-refractivity contribution in [3.63, 3.8) is 0 Å². The first-order valence-electron chi connectivity index (χ1n) is 7.19. The van der Waals surface area contributed by atoms with Gasteiger partial charge in [-0.25, -0.2) is 4.98 Å². The molecule has 3 aromatic rings. The molecular formula is C17H12F3N3O2. The summed E-state index contributed by atoms with van der Waals surface area (Å²) in [7, 11) is 0. The van der Waals surface area contributed by atoms with Gasteiger partial charge in [-0.15, -0.1) is 0 Å². The molecule has 0 amide bonds. The van der Waals surface area contributed by atoms with Gasteiger partial charge in [0.15, 0.2) is 5.69 Å². The van der Waals surface area contributed by atoms with Crippen molar-refractivity contribution in [1.29, 1.82) is 0 Å². The molecule has 2 aromatic carbocycles. The summed E-state index contributed by atoms with van der Waals surface area (Å²) in [5.74, 6) is 0.922. The zero-order valence-corrected chi connectivity index (χ0v) is 12.7. The van der Waals surface area contributed by atoms with Crippen LogP contribution in [-0.4, -0.2) is 9.97 Å². The average molecular weight is 347 g/mol. The molecule has 0 unspecified atom stereocenters. The van der Waals surface area contributed by atoms with Crippen LogP contribution in [-0.2, 0) is 6.18 Å². The molecule has 0 bridgehead atoms. The normalized spacial score (nSPS) is 11.2. The Kier molecular flexibility index (Phi) is 4.42. The number of halogens is 3. The van der Waals surface area contributed by atoms with Crippen LogP contribution in [0.4, 0.5) is 24.8 Å². The van der Waals surface area contributed by atoms with Crippen LogP contribution < -0.4 is 15.6 Å². The quantitative estimate of drug-likeness (QED) is 0.737. The first kappa shape index (κ1) is 16.6. The van der Waals surface area contributed by atoms with Crippen molar-refractivity contribution in [2.45, 2.75) is 6.18 Å². The summed E-state index contributed by atoms with van der Waals surface area (Å²) in [6.45, 7) is 0. The summed E-state index contributed by atoms with van der Waals surface area (Å²) >= 11 is 0. The Morgan fingerprint density at radius 2 is 1.60 bits per heavy atom. The van der Waals surface area contributed by atoms with Gasteiger partial charge in [0.1, 0.15) is 11.5 Å². The van der Waals surface area contributed by atoms with E-state index >= 15 is 0 Å². The Hall–Kier alpha value is -3.29. The highest BCUT2D eigenvalue weighted by Crippen LogP contribution is 2.28. The number of anilines is 2. The van der Waals surface area contributed by atoms with Crippen molar-refractivity contribution < 1.29 is 17.9 Å². The number of aromatic nitrogens is 2. The second-order valence-corrected chi connectivity index (χ2v) is 5.04. The van der Waals surface area contributed by atoms with Gasteiger partial charge < -0.3 is 10.1 Å². The lowest BCUT2D eigenvalue weighted by Crippen LogP contribution is -2.17. The van der Waals surface area contributed by atoms with Crippen LogP contribution in [0.5, 0.6) is 11.5 Å². The number of nitrogens with one attached hydrogen (secondary N) is 2. The maximum atomic E-state index is 12.7. The third kappa shape index (κ3) is 4.37. The zero-order chi connectivity index (χ0) is 17.9. The summed E-state index contributed by atoms with van der Waals surface area (Å²) in [6.07, 6.45) is -4.70. The molecule has 0 atom stereocenters. The number of nitrogens with zero attached hydrogens (tertiary/aromatic N) is 1. The van der Waals surface area contributed by atoms with Gasteiger partial charge in [0.05, 0.1) is 0 Å². The molecule has 1 aromatic heterocycles. The standard InChI is InChI=1S/C17H12F3N3O2/c18-17(19,20)14-10-15(24)23-16(22-14)21-11-6-8-13(9-7-11)25-12-4-2-1-3-5-12/h1-10H,(H2,21,22,23,24). The molecule has 3 rings (SSSR count). The van der Waals surface area contributed by atoms with Crippen molar-refractivity contribution in [1.82, 2.24) is 9.97 Å². The van der Waals surface area contributed by atoms with E-state index < -0.39 is 17.4 Å². The van der Waals surface area contributed by atoms with Crippen LogP contribution in [0.2, 0.25) is 0 Å². The summed E-state index contributed by atoms with van der Waals surface area (Å²) in [6, 6.07) is 16.0. The highest BCUT2D eigenvalue weighted by molar-refractivity contribution is 5.54. The van der Waals surface area contributed by atoms with Crippen LogP contribution in [0, 0.1) is 0 Å². The highest BCUT2D eigenvalue weighted by Gasteiger charge is 2.33. The Balaban J connectivity index is 1.76. The minimum Gasteiger partial charge on any atom is -0.457 e. The van der Waals surface area contributed by atoms with Crippen LogP contribution >= 0.6 is 0 Å². The number of benzene rings is 2. The Morgan fingerprint density at radius 1 is 0.960 bits per heavy atom. The van der Waals surface area contributed by atoms with Gasteiger partial charge in [-0.1, -0.05) is 18.2 Å². The number of H-pyrrole nitrogens is 1. The van der Waals surface area contributed by atoms with E-state index in [1.807, 2.05) is 18.2 Å². The van der Waals surface area contributed by atoms with E-state index in [4.69, 9.17) is 4.74 Å². The van der Waals surface area contributed by atoms with E-state index in [-0.39, 0.29) is 5.95 Å². The zero-order valence-electron chi connectivity index (χ0n) is 12.7. The third-order valence-electron chi connectivity index (χ3n) is 3.13. The van der Waals surface area contributed by atoms with Gasteiger partial charge in [0.25, 0.3) is 5.56 Å². The molecule has 25 heavy (non-hydrogen) atoms. The predicted octanol–water partition coefficient (Wildman–Crippen LogP) is 4.32. The molecule has 5 nitrogen and oxygen atoms in total. The van der Waals surface area contributed by atoms with E-state index in [0.717, 1.165) is 0 Å².